The minimum atomic E-state index is -1.77. The molecule has 152 valence electrons. The van der Waals surface area contributed by atoms with Crippen LogP contribution in [0.4, 0.5) is 0 Å². The van der Waals surface area contributed by atoms with Gasteiger partial charge in [0.15, 0.2) is 0 Å². The third-order valence-electron chi connectivity index (χ3n) is 5.66. The first kappa shape index (κ1) is 26.1. The molecule has 0 radical (unpaired) electrons. The van der Waals surface area contributed by atoms with Crippen molar-refractivity contribution in [3.63, 3.8) is 0 Å². The van der Waals surface area contributed by atoms with Crippen molar-refractivity contribution in [3.8, 4) is 0 Å². The number of alkyl halides is 2. The predicted octanol–water partition coefficient (Wildman–Crippen LogP) is 8.85. The molecular formula is C21H44Br2OSi. The molecule has 0 fully saturated rings. The molecule has 0 unspecified atom stereocenters. The van der Waals surface area contributed by atoms with E-state index in [1.54, 1.807) is 0 Å². The Morgan fingerprint density at radius 1 is 0.760 bits per heavy atom. The maximum Gasteiger partial charge on any atom is 0.200 e. The molecule has 25 heavy (non-hydrogen) atoms. The zero-order chi connectivity index (χ0) is 19.5. The van der Waals surface area contributed by atoms with Crippen LogP contribution in [0, 0.1) is 0 Å². The standard InChI is InChI=1S/C21H44Br2OSi/c1-8-9-13-21(15-14-20(23)12-10-11-16-22)24-25(17(2)3,18(4)5)19(6)7/h17-21H,8-16H2,1-7H3/t20-,21+/m1/s1. The van der Waals surface area contributed by atoms with E-state index in [1.807, 2.05) is 0 Å². The Hall–Kier alpha value is 1.14. The molecule has 0 heterocycles. The number of hydrogen-bond acceptors (Lipinski definition) is 1. The van der Waals surface area contributed by atoms with Gasteiger partial charge in [0.1, 0.15) is 0 Å². The number of hydrogen-bond donors (Lipinski definition) is 0. The molecular weight excluding hydrogens is 456 g/mol. The van der Waals surface area contributed by atoms with Crippen LogP contribution in [0.25, 0.3) is 0 Å². The Morgan fingerprint density at radius 2 is 1.32 bits per heavy atom. The molecule has 0 bridgehead atoms. The maximum absolute atomic E-state index is 7.11. The van der Waals surface area contributed by atoms with E-state index in [4.69, 9.17) is 4.43 Å². The van der Waals surface area contributed by atoms with E-state index in [2.05, 4.69) is 80.3 Å². The summed E-state index contributed by atoms with van der Waals surface area (Å²) in [4.78, 5) is 0.646. The highest BCUT2D eigenvalue weighted by Gasteiger charge is 2.46. The Labute approximate surface area is 176 Å². The van der Waals surface area contributed by atoms with Gasteiger partial charge in [0.25, 0.3) is 0 Å². The molecule has 0 aliphatic rings. The van der Waals surface area contributed by atoms with Gasteiger partial charge in [-0.15, -0.1) is 0 Å². The zero-order valence-corrected chi connectivity index (χ0v) is 22.1. The fraction of sp³-hybridized carbons (Fsp3) is 1.00. The molecule has 0 saturated heterocycles. The molecule has 0 spiro atoms. The molecule has 4 heteroatoms. The van der Waals surface area contributed by atoms with Crippen LogP contribution < -0.4 is 0 Å². The van der Waals surface area contributed by atoms with Crippen molar-refractivity contribution < 1.29 is 4.43 Å². The molecule has 0 aliphatic heterocycles. The van der Waals surface area contributed by atoms with Gasteiger partial charge in [0, 0.05) is 16.3 Å². The molecule has 0 N–H and O–H groups in total. The highest BCUT2D eigenvalue weighted by Crippen LogP contribution is 2.44. The lowest BCUT2D eigenvalue weighted by molar-refractivity contribution is 0.149. The smallest absolute Gasteiger partial charge is 0.200 e. The Kier molecular flexibility index (Phi) is 14.8. The summed E-state index contributed by atoms with van der Waals surface area (Å²) in [5, 5.41) is 1.13. The summed E-state index contributed by atoms with van der Waals surface area (Å²) >= 11 is 7.44. The van der Waals surface area contributed by atoms with Gasteiger partial charge in [-0.1, -0.05) is 99.6 Å². The van der Waals surface area contributed by atoms with Crippen molar-refractivity contribution in [2.45, 2.75) is 127 Å². The average molecular weight is 500 g/mol. The lowest BCUT2D eigenvalue weighted by Gasteiger charge is -2.45. The van der Waals surface area contributed by atoms with Crippen molar-refractivity contribution in [1.29, 1.82) is 0 Å². The molecule has 0 aromatic heterocycles. The predicted molar refractivity (Wildman–Crippen MR) is 125 cm³/mol. The van der Waals surface area contributed by atoms with Gasteiger partial charge in [-0.3, -0.25) is 0 Å². The molecule has 0 saturated carbocycles. The first-order valence-corrected chi connectivity index (χ1v) is 14.8. The second kappa shape index (κ2) is 14.2. The van der Waals surface area contributed by atoms with Crippen LogP contribution in [-0.2, 0) is 4.43 Å². The Bertz CT molecular complexity index is 299. The minimum Gasteiger partial charge on any atom is -0.413 e. The monoisotopic (exact) mass is 498 g/mol. The van der Waals surface area contributed by atoms with Gasteiger partial charge in [-0.25, -0.2) is 0 Å². The highest BCUT2D eigenvalue weighted by atomic mass is 79.9. The summed E-state index contributed by atoms with van der Waals surface area (Å²) in [7, 11) is -1.77. The van der Waals surface area contributed by atoms with Crippen molar-refractivity contribution in [2.75, 3.05) is 5.33 Å². The van der Waals surface area contributed by atoms with E-state index < -0.39 is 8.32 Å². The Morgan fingerprint density at radius 3 is 1.76 bits per heavy atom. The molecule has 2 atom stereocenters. The van der Waals surface area contributed by atoms with E-state index in [0.717, 1.165) is 5.33 Å². The quantitative estimate of drug-likeness (QED) is 0.124. The number of unbranched alkanes of at least 4 members (excludes halogenated alkanes) is 2. The molecule has 0 aromatic carbocycles. The van der Waals surface area contributed by atoms with Crippen LogP contribution in [0.1, 0.15) is 99.8 Å². The molecule has 0 aliphatic carbocycles. The zero-order valence-electron chi connectivity index (χ0n) is 17.9. The Balaban J connectivity index is 4.93. The summed E-state index contributed by atoms with van der Waals surface area (Å²) in [5.41, 5.74) is 2.03. The van der Waals surface area contributed by atoms with Gasteiger partial charge in [-0.2, -0.15) is 0 Å². The molecule has 0 amide bonds. The van der Waals surface area contributed by atoms with Gasteiger partial charge in [0.05, 0.1) is 0 Å². The number of halogens is 2. The molecule has 1 nitrogen and oxygen atoms in total. The highest BCUT2D eigenvalue weighted by molar-refractivity contribution is 9.09. The third kappa shape index (κ3) is 9.25. The summed E-state index contributed by atoms with van der Waals surface area (Å²) in [5.74, 6) is 0. The van der Waals surface area contributed by atoms with E-state index >= 15 is 0 Å². The molecule has 0 rings (SSSR count). The number of rotatable bonds is 15. The van der Waals surface area contributed by atoms with E-state index in [0.29, 0.717) is 27.6 Å². The normalized spacial score (nSPS) is 15.4. The van der Waals surface area contributed by atoms with Gasteiger partial charge in [0.2, 0.25) is 8.32 Å². The largest absolute Gasteiger partial charge is 0.413 e. The fourth-order valence-corrected chi connectivity index (χ4v) is 11.0. The lowest BCUT2D eigenvalue weighted by Crippen LogP contribution is -2.50. The van der Waals surface area contributed by atoms with Crippen molar-refractivity contribution in [3.05, 3.63) is 0 Å². The van der Waals surface area contributed by atoms with Gasteiger partial charge < -0.3 is 4.43 Å². The lowest BCUT2D eigenvalue weighted by atomic mass is 10.0. The van der Waals surface area contributed by atoms with Gasteiger partial charge >= 0.3 is 0 Å². The first-order chi connectivity index (χ1) is 11.7. The topological polar surface area (TPSA) is 9.23 Å². The summed E-state index contributed by atoms with van der Waals surface area (Å²) in [6.07, 6.45) is 10.6. The first-order valence-electron chi connectivity index (χ1n) is 10.6. The SMILES string of the molecule is CCCC[C@@H](CC[C@H](Br)CCCCBr)O[Si](C(C)C)(C(C)C)C(C)C. The van der Waals surface area contributed by atoms with Crippen LogP contribution in [0.2, 0.25) is 16.6 Å². The van der Waals surface area contributed by atoms with Crippen molar-refractivity contribution >= 4 is 40.2 Å². The van der Waals surface area contributed by atoms with E-state index in [-0.39, 0.29) is 0 Å². The van der Waals surface area contributed by atoms with Crippen LogP contribution in [0.5, 0.6) is 0 Å². The van der Waals surface area contributed by atoms with Crippen molar-refractivity contribution in [2.24, 2.45) is 0 Å². The minimum absolute atomic E-state index is 0.454. The van der Waals surface area contributed by atoms with E-state index in [9.17, 15) is 0 Å². The van der Waals surface area contributed by atoms with Gasteiger partial charge in [-0.05, 0) is 48.7 Å². The fourth-order valence-electron chi connectivity index (χ4n) is 4.36. The van der Waals surface area contributed by atoms with Crippen LogP contribution in [0.15, 0.2) is 0 Å². The second-order valence-corrected chi connectivity index (χ2v) is 16.1. The van der Waals surface area contributed by atoms with Crippen LogP contribution in [0.3, 0.4) is 0 Å². The summed E-state index contributed by atoms with van der Waals surface area (Å²) in [6.45, 7) is 16.7. The summed E-state index contributed by atoms with van der Waals surface area (Å²) < 4.78 is 7.11. The second-order valence-electron chi connectivity index (χ2n) is 8.56. The van der Waals surface area contributed by atoms with Crippen LogP contribution in [-0.4, -0.2) is 24.6 Å². The third-order valence-corrected chi connectivity index (χ3v) is 13.3. The maximum atomic E-state index is 7.11. The van der Waals surface area contributed by atoms with E-state index in [1.165, 1.54) is 51.4 Å². The van der Waals surface area contributed by atoms with Crippen molar-refractivity contribution in [1.82, 2.24) is 0 Å². The summed E-state index contributed by atoms with van der Waals surface area (Å²) in [6, 6.07) is 0. The molecule has 0 aromatic rings. The average Bonchev–Trinajstić information content (AvgIpc) is 2.53. The van der Waals surface area contributed by atoms with Crippen LogP contribution >= 0.6 is 31.9 Å².